The van der Waals surface area contributed by atoms with Crippen LogP contribution in [0.2, 0.25) is 0 Å². The molecule has 0 amide bonds. The lowest BCUT2D eigenvalue weighted by atomic mass is 10.6. The van der Waals surface area contributed by atoms with Gasteiger partial charge in [0.2, 0.25) is 0 Å². The summed E-state index contributed by atoms with van der Waals surface area (Å²) >= 11 is 0. The van der Waals surface area contributed by atoms with Gasteiger partial charge in [0.25, 0.3) is 0 Å². The Morgan fingerprint density at radius 3 is 2.60 bits per heavy atom. The maximum absolute atomic E-state index is 2.45. The highest BCUT2D eigenvalue weighted by molar-refractivity contribution is 6.91. The van der Waals surface area contributed by atoms with Gasteiger partial charge in [0, 0.05) is 9.04 Å². The van der Waals surface area contributed by atoms with E-state index in [1.165, 1.54) is 16.2 Å². The summed E-state index contributed by atoms with van der Waals surface area (Å²) < 4.78 is 0. The van der Waals surface area contributed by atoms with E-state index in [1.807, 2.05) is 0 Å². The van der Waals surface area contributed by atoms with Crippen molar-refractivity contribution in [3.05, 3.63) is 6.04 Å². The van der Waals surface area contributed by atoms with Crippen molar-refractivity contribution in [3.63, 3.8) is 0 Å². The number of hydrogen-bond acceptors (Lipinski definition) is 0. The quantitative estimate of drug-likeness (QED) is 0.394. The molecule has 0 fully saturated rings. The summed E-state index contributed by atoms with van der Waals surface area (Å²) in [6.45, 7) is 2.21. The van der Waals surface area contributed by atoms with Gasteiger partial charge >= 0.3 is 0 Å². The Bertz CT molecular complexity index is 12.4. The molecule has 0 unspecified atom stereocenters. The molecule has 0 heterocycles. The van der Waals surface area contributed by atoms with E-state index in [0.717, 1.165) is 0 Å². The zero-order valence-electron chi connectivity index (χ0n) is 3.99. The summed E-state index contributed by atoms with van der Waals surface area (Å²) in [5.74, 6) is 0. The third kappa shape index (κ3) is 4.43. The molecular formula is C3H11Si2. The Morgan fingerprint density at radius 1 is 2.00 bits per heavy atom. The molecule has 0 N–H and O–H groups in total. The molecule has 0 aliphatic carbocycles. The van der Waals surface area contributed by atoms with E-state index in [9.17, 15) is 0 Å². The normalized spacial score (nSPS) is 11.4. The molecule has 0 rings (SSSR count). The van der Waals surface area contributed by atoms with Crippen LogP contribution in [0.5, 0.6) is 0 Å². The zero-order valence-corrected chi connectivity index (χ0v) is 7.41. The molecule has 2 heteroatoms. The van der Waals surface area contributed by atoms with Crippen LogP contribution in [-0.2, 0) is 0 Å². The van der Waals surface area contributed by atoms with Crippen LogP contribution in [0.25, 0.3) is 0 Å². The lowest BCUT2D eigenvalue weighted by Crippen LogP contribution is -1.85. The van der Waals surface area contributed by atoms with Gasteiger partial charge in [-0.3, -0.25) is 0 Å². The Hall–Kier alpha value is 0.434. The molecule has 5 heavy (non-hydrogen) atoms. The molecule has 0 spiro atoms. The molecule has 0 aromatic rings. The Balaban J connectivity index is 2.19. The van der Waals surface area contributed by atoms with Crippen LogP contribution in [0, 0.1) is 6.04 Å². The highest BCUT2D eigenvalue weighted by atomic mass is 29.1. The van der Waals surface area contributed by atoms with E-state index in [0.29, 0.717) is 9.04 Å². The Kier molecular flexibility index (Phi) is 4.82. The maximum Gasteiger partial charge on any atom is 0.00788 e. The van der Waals surface area contributed by atoms with Crippen molar-refractivity contribution in [2.75, 3.05) is 0 Å². The van der Waals surface area contributed by atoms with Crippen LogP contribution < -0.4 is 0 Å². The largest absolute Gasteiger partial charge is 0.0654 e. The minimum Gasteiger partial charge on any atom is -0.0654 e. The molecule has 0 nitrogen and oxygen atoms in total. The predicted molar refractivity (Wildman–Crippen MR) is 33.1 cm³/mol. The lowest BCUT2D eigenvalue weighted by Gasteiger charge is -1.77. The fourth-order valence-electron chi connectivity index (χ4n) is 0.289. The molecule has 0 saturated heterocycles. The van der Waals surface area contributed by atoms with Crippen molar-refractivity contribution < 1.29 is 0 Å². The average molecular weight is 103 g/mol. The topological polar surface area (TPSA) is 0 Å². The van der Waals surface area contributed by atoms with E-state index in [2.05, 4.69) is 13.0 Å². The average Bonchev–Trinajstić information content (AvgIpc) is 1.41. The molecule has 0 aliphatic heterocycles. The predicted octanol–water partition coefficient (Wildman–Crippen LogP) is -0.993. The van der Waals surface area contributed by atoms with Gasteiger partial charge in [-0.25, -0.2) is 0 Å². The molecule has 31 valence electrons. The third-order valence-corrected chi connectivity index (χ3v) is 3.46. The second-order valence-electron chi connectivity index (χ2n) is 1.11. The monoisotopic (exact) mass is 103 g/mol. The van der Waals surface area contributed by atoms with E-state index >= 15 is 0 Å². The van der Waals surface area contributed by atoms with Crippen LogP contribution in [0.1, 0.15) is 13.3 Å². The van der Waals surface area contributed by atoms with Crippen LogP contribution in [0.3, 0.4) is 0 Å². The Morgan fingerprint density at radius 2 is 2.60 bits per heavy atom. The van der Waals surface area contributed by atoms with Gasteiger partial charge in [-0.2, -0.15) is 0 Å². The first-order chi connectivity index (χ1) is 2.41. The summed E-state index contributed by atoms with van der Waals surface area (Å²) in [5.41, 5.74) is 0. The highest BCUT2D eigenvalue weighted by Crippen LogP contribution is 1.73. The lowest BCUT2D eigenvalue weighted by molar-refractivity contribution is 1.19. The Labute approximate surface area is 39.0 Å². The smallest absolute Gasteiger partial charge is 0.00788 e. The summed E-state index contributed by atoms with van der Waals surface area (Å²) in [6, 6.07) is 2.45. The number of hydrogen-bond donors (Lipinski definition) is 0. The molecular weight excluding hydrogens is 92.2 g/mol. The first-order valence-corrected chi connectivity index (χ1v) is 8.70. The second-order valence-corrected chi connectivity index (χ2v) is 4.95. The molecule has 0 atom stereocenters. The standard InChI is InChI=1S/C3H11Si2/c1-2-3-5-4/h3H,2,5H2,1,4H3. The highest BCUT2D eigenvalue weighted by Gasteiger charge is 1.70. The first kappa shape index (κ1) is 5.43. The van der Waals surface area contributed by atoms with Crippen molar-refractivity contribution in [3.8, 4) is 0 Å². The van der Waals surface area contributed by atoms with Gasteiger partial charge < -0.3 is 0 Å². The minimum absolute atomic E-state index is 0.428. The van der Waals surface area contributed by atoms with Crippen molar-refractivity contribution in [2.45, 2.75) is 13.3 Å². The van der Waals surface area contributed by atoms with Gasteiger partial charge in [0.05, 0.1) is 0 Å². The summed E-state index contributed by atoms with van der Waals surface area (Å²) in [4.78, 5) is 0. The fraction of sp³-hybridized carbons (Fsp3) is 0.667. The van der Waals surface area contributed by atoms with Crippen molar-refractivity contribution >= 4 is 18.8 Å². The van der Waals surface area contributed by atoms with Crippen LogP contribution in [0.15, 0.2) is 0 Å². The SMILES string of the molecule is CC[CH][SiH2][SiH3]. The first-order valence-electron chi connectivity index (χ1n) is 2.23. The third-order valence-electron chi connectivity index (χ3n) is 0.577. The van der Waals surface area contributed by atoms with Gasteiger partial charge in [-0.15, -0.1) is 0 Å². The zero-order chi connectivity index (χ0) is 4.12. The van der Waals surface area contributed by atoms with Crippen molar-refractivity contribution in [1.29, 1.82) is 0 Å². The van der Waals surface area contributed by atoms with E-state index < -0.39 is 0 Å². The summed E-state index contributed by atoms with van der Waals surface area (Å²) in [6.07, 6.45) is 1.32. The van der Waals surface area contributed by atoms with E-state index in [-0.39, 0.29) is 0 Å². The molecule has 1 radical (unpaired) electrons. The van der Waals surface area contributed by atoms with Crippen LogP contribution in [-0.4, -0.2) is 18.8 Å². The van der Waals surface area contributed by atoms with E-state index in [1.54, 1.807) is 0 Å². The van der Waals surface area contributed by atoms with Gasteiger partial charge in [0.1, 0.15) is 0 Å². The van der Waals surface area contributed by atoms with Crippen molar-refractivity contribution in [1.82, 2.24) is 0 Å². The van der Waals surface area contributed by atoms with E-state index in [4.69, 9.17) is 0 Å². The number of rotatable bonds is 2. The molecule has 0 aromatic heterocycles. The minimum atomic E-state index is 0.428. The second kappa shape index (κ2) is 4.43. The van der Waals surface area contributed by atoms with Crippen LogP contribution in [0.4, 0.5) is 0 Å². The molecule has 0 aromatic carbocycles. The molecule has 0 aliphatic rings. The van der Waals surface area contributed by atoms with Gasteiger partial charge in [-0.1, -0.05) is 19.4 Å². The molecule has 0 saturated carbocycles. The molecule has 0 bridgehead atoms. The summed E-state index contributed by atoms with van der Waals surface area (Å²) in [7, 11) is 1.91. The van der Waals surface area contributed by atoms with Crippen LogP contribution >= 0.6 is 0 Å². The van der Waals surface area contributed by atoms with Gasteiger partial charge in [-0.05, 0) is 9.76 Å². The van der Waals surface area contributed by atoms with Crippen molar-refractivity contribution in [2.24, 2.45) is 0 Å². The maximum atomic E-state index is 2.45. The van der Waals surface area contributed by atoms with Gasteiger partial charge in [0.15, 0.2) is 0 Å². The summed E-state index contributed by atoms with van der Waals surface area (Å²) in [5, 5.41) is 0. The fourth-order valence-corrected chi connectivity index (χ4v) is 2.60.